The smallest absolute Gasteiger partial charge is 0.315 e. The number of rotatable bonds is 5. The summed E-state index contributed by atoms with van der Waals surface area (Å²) in [6, 6.07) is 7.75. The zero-order valence-corrected chi connectivity index (χ0v) is 17.2. The largest absolute Gasteiger partial charge is 0.335 e. The maximum Gasteiger partial charge on any atom is 0.315 e. The van der Waals surface area contributed by atoms with Gasteiger partial charge in [-0.2, -0.15) is 0 Å². The highest BCUT2D eigenvalue weighted by Crippen LogP contribution is 2.65. The number of anilines is 1. The number of fused-ring (bicyclic) bond motifs is 2. The van der Waals surface area contributed by atoms with Gasteiger partial charge in [-0.1, -0.05) is 46.8 Å². The molecule has 1 aromatic carbocycles. The molecule has 3 rings (SSSR count). The quantitative estimate of drug-likeness (QED) is 0.722. The van der Waals surface area contributed by atoms with Crippen molar-refractivity contribution in [1.29, 1.82) is 0 Å². The van der Waals surface area contributed by atoms with Crippen LogP contribution in [0.5, 0.6) is 0 Å². The van der Waals surface area contributed by atoms with E-state index in [9.17, 15) is 9.59 Å². The molecule has 0 saturated heterocycles. The summed E-state index contributed by atoms with van der Waals surface area (Å²) < 4.78 is 0. The van der Waals surface area contributed by atoms with Crippen LogP contribution < -0.4 is 16.0 Å². The Bertz CT molecular complexity index is 711. The van der Waals surface area contributed by atoms with Crippen LogP contribution in [0.15, 0.2) is 24.3 Å². The first kappa shape index (κ1) is 19.7. The fraction of sp³-hybridized carbons (Fsp3) is 0.636. The monoisotopic (exact) mass is 371 g/mol. The maximum absolute atomic E-state index is 12.4. The molecule has 1 aromatic rings. The van der Waals surface area contributed by atoms with Crippen molar-refractivity contribution < 1.29 is 9.59 Å². The van der Waals surface area contributed by atoms with Crippen LogP contribution in [-0.2, 0) is 11.3 Å². The molecule has 2 fully saturated rings. The van der Waals surface area contributed by atoms with Crippen molar-refractivity contribution >= 4 is 17.6 Å². The van der Waals surface area contributed by atoms with E-state index in [-0.39, 0.29) is 29.3 Å². The van der Waals surface area contributed by atoms with Crippen molar-refractivity contribution in [3.05, 3.63) is 29.8 Å². The number of benzene rings is 1. The van der Waals surface area contributed by atoms with Crippen LogP contribution in [0.2, 0.25) is 0 Å². The second kappa shape index (κ2) is 7.17. The van der Waals surface area contributed by atoms with Crippen molar-refractivity contribution in [3.8, 4) is 0 Å². The number of amides is 3. The molecule has 27 heavy (non-hydrogen) atoms. The van der Waals surface area contributed by atoms with Crippen LogP contribution in [0, 0.1) is 22.7 Å². The summed E-state index contributed by atoms with van der Waals surface area (Å²) in [5.41, 5.74) is 2.26. The molecule has 0 spiro atoms. The Hall–Kier alpha value is -2.04. The molecule has 2 bridgehead atoms. The van der Waals surface area contributed by atoms with Gasteiger partial charge in [-0.3, -0.25) is 4.79 Å². The minimum Gasteiger partial charge on any atom is -0.335 e. The second-order valence-corrected chi connectivity index (χ2v) is 9.33. The molecule has 3 N–H and O–H groups in total. The predicted molar refractivity (Wildman–Crippen MR) is 108 cm³/mol. The molecule has 148 valence electrons. The van der Waals surface area contributed by atoms with Gasteiger partial charge >= 0.3 is 6.03 Å². The lowest BCUT2D eigenvalue weighted by Crippen LogP contribution is -2.49. The third kappa shape index (κ3) is 3.69. The fourth-order valence-corrected chi connectivity index (χ4v) is 4.81. The topological polar surface area (TPSA) is 70.2 Å². The number of urea groups is 1. The summed E-state index contributed by atoms with van der Waals surface area (Å²) >= 11 is 0. The number of carbonyl (C=O) groups is 2. The average Bonchev–Trinajstić information content (AvgIpc) is 2.94. The molecule has 2 saturated carbocycles. The number of hydrogen-bond acceptors (Lipinski definition) is 2. The first-order valence-corrected chi connectivity index (χ1v) is 10.1. The first-order valence-electron chi connectivity index (χ1n) is 10.1. The molecule has 5 heteroatoms. The van der Waals surface area contributed by atoms with Crippen LogP contribution in [0.25, 0.3) is 0 Å². The van der Waals surface area contributed by atoms with Gasteiger partial charge in [0.1, 0.15) is 0 Å². The molecular formula is C22H33N3O2. The second-order valence-electron chi connectivity index (χ2n) is 9.33. The summed E-state index contributed by atoms with van der Waals surface area (Å²) in [5.74, 6) is 0.664. The Labute approximate surface area is 162 Å². The van der Waals surface area contributed by atoms with Gasteiger partial charge in [0.2, 0.25) is 5.91 Å². The molecule has 0 heterocycles. The van der Waals surface area contributed by atoms with E-state index >= 15 is 0 Å². The van der Waals surface area contributed by atoms with Crippen molar-refractivity contribution in [1.82, 2.24) is 10.6 Å². The first-order chi connectivity index (χ1) is 12.6. The van der Waals surface area contributed by atoms with E-state index in [0.29, 0.717) is 17.9 Å². The molecule has 5 nitrogen and oxygen atoms in total. The Morgan fingerprint density at radius 2 is 1.81 bits per heavy atom. The Balaban J connectivity index is 1.49. The van der Waals surface area contributed by atoms with Crippen molar-refractivity contribution in [3.63, 3.8) is 0 Å². The van der Waals surface area contributed by atoms with Crippen molar-refractivity contribution in [2.45, 2.75) is 66.5 Å². The maximum atomic E-state index is 12.4. The molecule has 0 aliphatic heterocycles. The minimum absolute atomic E-state index is 0.00235. The third-order valence-corrected chi connectivity index (χ3v) is 7.30. The van der Waals surface area contributed by atoms with E-state index in [1.165, 1.54) is 12.8 Å². The molecular weight excluding hydrogens is 338 g/mol. The zero-order valence-electron chi connectivity index (χ0n) is 17.2. The number of hydrogen-bond donors (Lipinski definition) is 3. The van der Waals surface area contributed by atoms with Gasteiger partial charge in [0.15, 0.2) is 0 Å². The van der Waals surface area contributed by atoms with E-state index in [1.54, 1.807) is 0 Å². The van der Waals surface area contributed by atoms with Gasteiger partial charge in [0.05, 0.1) is 0 Å². The van der Waals surface area contributed by atoms with E-state index in [0.717, 1.165) is 17.7 Å². The molecule has 2 aliphatic carbocycles. The van der Waals surface area contributed by atoms with Crippen molar-refractivity contribution in [2.24, 2.45) is 22.7 Å². The Morgan fingerprint density at radius 3 is 2.33 bits per heavy atom. The minimum atomic E-state index is -0.0956. The molecule has 0 unspecified atom stereocenters. The average molecular weight is 372 g/mol. The van der Waals surface area contributed by atoms with Gasteiger partial charge in [-0.25, -0.2) is 4.79 Å². The van der Waals surface area contributed by atoms with Crippen LogP contribution >= 0.6 is 0 Å². The number of nitrogens with one attached hydrogen (secondary N) is 3. The predicted octanol–water partition coefficient (Wildman–Crippen LogP) is 4.30. The van der Waals surface area contributed by atoms with Gasteiger partial charge in [-0.05, 0) is 53.7 Å². The highest BCUT2D eigenvalue weighted by molar-refractivity contribution is 5.92. The van der Waals surface area contributed by atoms with E-state index < -0.39 is 0 Å². The van der Waals surface area contributed by atoms with Crippen LogP contribution in [-0.4, -0.2) is 18.0 Å². The molecule has 0 radical (unpaired) electrons. The van der Waals surface area contributed by atoms with Gasteiger partial charge in [0.25, 0.3) is 0 Å². The zero-order chi connectivity index (χ0) is 19.8. The molecule has 3 amide bonds. The highest BCUT2D eigenvalue weighted by Gasteiger charge is 2.61. The standard InChI is InChI=1S/C22H33N3O2/c1-14(2)19(26)24-17-8-6-15(7-9-17)13-23-20(27)25-18-12-16-10-11-22(18,5)21(16,3)4/h6-9,14,16,18H,10-13H2,1-5H3,(H,24,26)(H2,23,25,27)/t16-,18-,22-/m1/s1. The van der Waals surface area contributed by atoms with Crippen LogP contribution in [0.1, 0.15) is 59.4 Å². The van der Waals surface area contributed by atoms with Gasteiger partial charge in [-0.15, -0.1) is 0 Å². The molecule has 0 aromatic heterocycles. The highest BCUT2D eigenvalue weighted by atomic mass is 16.2. The molecule has 2 aliphatic rings. The van der Waals surface area contributed by atoms with Crippen LogP contribution in [0.3, 0.4) is 0 Å². The van der Waals surface area contributed by atoms with E-state index in [1.807, 2.05) is 38.1 Å². The summed E-state index contributed by atoms with van der Waals surface area (Å²) in [7, 11) is 0. The van der Waals surface area contributed by atoms with Crippen LogP contribution in [0.4, 0.5) is 10.5 Å². The summed E-state index contributed by atoms with van der Waals surface area (Å²) in [6.07, 6.45) is 3.56. The van der Waals surface area contributed by atoms with E-state index in [2.05, 4.69) is 36.7 Å². The van der Waals surface area contributed by atoms with Crippen molar-refractivity contribution in [2.75, 3.05) is 5.32 Å². The summed E-state index contributed by atoms with van der Waals surface area (Å²) in [6.45, 7) is 11.2. The lowest BCUT2D eigenvalue weighted by atomic mass is 9.69. The molecule has 3 atom stereocenters. The Kier molecular flexibility index (Phi) is 5.24. The summed E-state index contributed by atoms with van der Waals surface area (Å²) in [4.78, 5) is 24.1. The lowest BCUT2D eigenvalue weighted by molar-refractivity contribution is -0.118. The van der Waals surface area contributed by atoms with Gasteiger partial charge < -0.3 is 16.0 Å². The SMILES string of the molecule is CC(C)C(=O)Nc1ccc(CNC(=O)N[C@@H]2C[C@H]3CC[C@@]2(C)C3(C)C)cc1. The lowest BCUT2D eigenvalue weighted by Gasteiger charge is -2.39. The number of carbonyl (C=O) groups excluding carboxylic acids is 2. The third-order valence-electron chi connectivity index (χ3n) is 7.30. The van der Waals surface area contributed by atoms with Gasteiger partial charge in [0, 0.05) is 24.2 Å². The Morgan fingerprint density at radius 1 is 1.15 bits per heavy atom. The normalized spacial score (nSPS) is 28.2. The summed E-state index contributed by atoms with van der Waals surface area (Å²) in [5, 5.41) is 9.06. The van der Waals surface area contributed by atoms with E-state index in [4.69, 9.17) is 0 Å². The fourth-order valence-electron chi connectivity index (χ4n) is 4.81.